The third-order valence-corrected chi connectivity index (χ3v) is 9.31. The van der Waals surface area contributed by atoms with E-state index in [0.717, 1.165) is 43.3 Å². The number of fused-ring (bicyclic) bond motifs is 3. The van der Waals surface area contributed by atoms with Crippen LogP contribution in [0.1, 0.15) is 75.8 Å². The number of aryl methyl sites for hydroxylation is 1. The molecule has 2 aromatic carbocycles. The first kappa shape index (κ1) is 26.1. The molecular formula is C32H41N5O2. The Bertz CT molecular complexity index is 1300. The predicted octanol–water partition coefficient (Wildman–Crippen LogP) is 4.88. The molecule has 3 aliphatic rings. The van der Waals surface area contributed by atoms with Crippen molar-refractivity contribution in [2.45, 2.75) is 83.0 Å². The van der Waals surface area contributed by atoms with Gasteiger partial charge in [0.1, 0.15) is 5.82 Å². The molecule has 2 amide bonds. The van der Waals surface area contributed by atoms with Crippen molar-refractivity contribution in [2.75, 3.05) is 19.6 Å². The second-order valence-electron chi connectivity index (χ2n) is 11.6. The molecule has 206 valence electrons. The summed E-state index contributed by atoms with van der Waals surface area (Å²) in [6.07, 6.45) is 7.17. The summed E-state index contributed by atoms with van der Waals surface area (Å²) in [5, 5.41) is 3.35. The van der Waals surface area contributed by atoms with Crippen LogP contribution in [0.25, 0.3) is 11.0 Å². The smallest absolute Gasteiger partial charge is 0.227 e. The molecule has 39 heavy (non-hydrogen) atoms. The number of carbonyl (C=O) groups is 2. The van der Waals surface area contributed by atoms with Crippen molar-refractivity contribution in [1.29, 1.82) is 0 Å². The largest absolute Gasteiger partial charge is 0.349 e. The minimum absolute atomic E-state index is 0.0176. The number of para-hydroxylation sites is 2. The fourth-order valence-corrected chi connectivity index (χ4v) is 7.22. The number of hydrogen-bond donors (Lipinski definition) is 1. The highest BCUT2D eigenvalue weighted by molar-refractivity contribution is 5.84. The lowest BCUT2D eigenvalue weighted by molar-refractivity contribution is -0.143. The zero-order valence-electron chi connectivity index (χ0n) is 23.3. The van der Waals surface area contributed by atoms with Gasteiger partial charge in [0.15, 0.2) is 0 Å². The molecule has 0 aliphatic carbocycles. The van der Waals surface area contributed by atoms with Crippen LogP contribution in [-0.2, 0) is 16.0 Å². The van der Waals surface area contributed by atoms with E-state index in [9.17, 15) is 9.59 Å². The summed E-state index contributed by atoms with van der Waals surface area (Å²) in [6, 6.07) is 20.6. The van der Waals surface area contributed by atoms with Crippen molar-refractivity contribution in [3.05, 3.63) is 66.0 Å². The number of piperidine rings is 1. The summed E-state index contributed by atoms with van der Waals surface area (Å²) in [5.74, 6) is 1.31. The Kier molecular flexibility index (Phi) is 7.43. The van der Waals surface area contributed by atoms with Crippen molar-refractivity contribution in [2.24, 2.45) is 5.92 Å². The minimum Gasteiger partial charge on any atom is -0.349 e. The van der Waals surface area contributed by atoms with Gasteiger partial charge in [-0.1, -0.05) is 56.3 Å². The van der Waals surface area contributed by atoms with Crippen molar-refractivity contribution in [3.8, 4) is 0 Å². The van der Waals surface area contributed by atoms with E-state index in [-0.39, 0.29) is 23.8 Å². The maximum absolute atomic E-state index is 13.1. The third kappa shape index (κ3) is 5.09. The van der Waals surface area contributed by atoms with E-state index in [1.807, 2.05) is 13.0 Å². The first-order valence-corrected chi connectivity index (χ1v) is 14.9. The van der Waals surface area contributed by atoms with Gasteiger partial charge in [-0.2, -0.15) is 0 Å². The van der Waals surface area contributed by atoms with Crippen LogP contribution >= 0.6 is 0 Å². The summed E-state index contributed by atoms with van der Waals surface area (Å²) < 4.78 is 2.54. The molecule has 1 N–H and O–H groups in total. The topological polar surface area (TPSA) is 70.5 Å². The first-order chi connectivity index (χ1) is 19.1. The molecule has 1 aromatic heterocycles. The average Bonchev–Trinajstić information content (AvgIpc) is 3.43. The highest BCUT2D eigenvalue weighted by Crippen LogP contribution is 2.43. The quantitative estimate of drug-likeness (QED) is 0.431. The van der Waals surface area contributed by atoms with E-state index in [1.165, 1.54) is 24.2 Å². The Labute approximate surface area is 231 Å². The Balaban J connectivity index is 1.12. The van der Waals surface area contributed by atoms with Gasteiger partial charge in [0, 0.05) is 50.6 Å². The van der Waals surface area contributed by atoms with E-state index >= 15 is 0 Å². The second-order valence-corrected chi connectivity index (χ2v) is 11.6. The number of nitrogens with zero attached hydrogens (tertiary/aromatic N) is 4. The number of imidazole rings is 1. The highest BCUT2D eigenvalue weighted by atomic mass is 16.2. The molecule has 3 saturated heterocycles. The number of benzene rings is 2. The fourth-order valence-electron chi connectivity index (χ4n) is 7.22. The molecule has 6 rings (SSSR count). The van der Waals surface area contributed by atoms with Crippen LogP contribution in [0, 0.1) is 5.92 Å². The molecule has 3 aliphatic heterocycles. The molecule has 7 nitrogen and oxygen atoms in total. The monoisotopic (exact) mass is 527 g/mol. The number of nitrogens with one attached hydrogen (secondary N) is 1. The van der Waals surface area contributed by atoms with Crippen LogP contribution < -0.4 is 5.32 Å². The second kappa shape index (κ2) is 11.1. The number of carbonyl (C=O) groups excluding carboxylic acids is 2. The molecule has 4 heterocycles. The van der Waals surface area contributed by atoms with Crippen LogP contribution in [0.2, 0.25) is 0 Å². The molecule has 0 spiro atoms. The molecule has 3 atom stereocenters. The van der Waals surface area contributed by atoms with Gasteiger partial charge in [0.25, 0.3) is 0 Å². The van der Waals surface area contributed by atoms with Crippen molar-refractivity contribution in [3.63, 3.8) is 0 Å². The van der Waals surface area contributed by atoms with Crippen molar-refractivity contribution >= 4 is 22.8 Å². The molecular weight excluding hydrogens is 486 g/mol. The summed E-state index contributed by atoms with van der Waals surface area (Å²) >= 11 is 0. The SMILES string of the molecule is CCC(=O)N1CC(C(=O)N[C@@H](CCN2C3CCC2CC(n2c(CC)nc4ccccc42)C3)c2ccccc2)C1. The van der Waals surface area contributed by atoms with E-state index in [1.54, 1.807) is 4.90 Å². The Morgan fingerprint density at radius 2 is 1.64 bits per heavy atom. The zero-order valence-corrected chi connectivity index (χ0v) is 23.3. The minimum atomic E-state index is -0.101. The lowest BCUT2D eigenvalue weighted by Gasteiger charge is -2.41. The third-order valence-electron chi connectivity index (χ3n) is 9.31. The van der Waals surface area contributed by atoms with Gasteiger partial charge in [0.05, 0.1) is 23.0 Å². The lowest BCUT2D eigenvalue weighted by Crippen LogP contribution is -2.56. The summed E-state index contributed by atoms with van der Waals surface area (Å²) in [6.45, 7) is 6.15. The molecule has 7 heteroatoms. The molecule has 0 radical (unpaired) electrons. The fraction of sp³-hybridized carbons (Fsp3) is 0.531. The molecule has 0 saturated carbocycles. The standard InChI is InChI=1S/C32H41N5O2/c1-3-30-33-28-12-8-9-13-29(28)37(30)26-18-24-14-15-25(19-26)36(24)17-16-27(22-10-6-5-7-11-22)34-32(39)23-20-35(21-23)31(38)4-2/h5-13,23-27H,3-4,14-21H2,1-2H3,(H,34,39)/t24?,25?,26?,27-/m0/s1. The number of aromatic nitrogens is 2. The van der Waals surface area contributed by atoms with Gasteiger partial charge in [-0.3, -0.25) is 14.5 Å². The van der Waals surface area contributed by atoms with Gasteiger partial charge >= 0.3 is 0 Å². The summed E-state index contributed by atoms with van der Waals surface area (Å²) in [7, 11) is 0. The zero-order chi connectivity index (χ0) is 26.9. The van der Waals surface area contributed by atoms with Gasteiger partial charge < -0.3 is 14.8 Å². The number of rotatable bonds is 9. The molecule has 2 bridgehead atoms. The van der Waals surface area contributed by atoms with E-state index in [4.69, 9.17) is 4.98 Å². The van der Waals surface area contributed by atoms with Gasteiger partial charge in [-0.15, -0.1) is 0 Å². The van der Waals surface area contributed by atoms with Gasteiger partial charge in [-0.25, -0.2) is 4.98 Å². The maximum atomic E-state index is 13.1. The Morgan fingerprint density at radius 3 is 2.33 bits per heavy atom. The van der Waals surface area contributed by atoms with Crippen LogP contribution in [-0.4, -0.2) is 62.9 Å². The number of likely N-dealkylation sites (tertiary alicyclic amines) is 1. The van der Waals surface area contributed by atoms with Crippen LogP contribution in [0.3, 0.4) is 0 Å². The van der Waals surface area contributed by atoms with Crippen LogP contribution in [0.5, 0.6) is 0 Å². The average molecular weight is 528 g/mol. The summed E-state index contributed by atoms with van der Waals surface area (Å²) in [5.41, 5.74) is 3.54. The van der Waals surface area contributed by atoms with Gasteiger partial charge in [0.2, 0.25) is 11.8 Å². The van der Waals surface area contributed by atoms with E-state index in [2.05, 4.69) is 70.2 Å². The molecule has 3 aromatic rings. The van der Waals surface area contributed by atoms with Crippen LogP contribution in [0.15, 0.2) is 54.6 Å². The predicted molar refractivity (Wildman–Crippen MR) is 153 cm³/mol. The van der Waals surface area contributed by atoms with Crippen molar-refractivity contribution < 1.29 is 9.59 Å². The Hall–Kier alpha value is -3.19. The number of hydrogen-bond acceptors (Lipinski definition) is 4. The van der Waals surface area contributed by atoms with Crippen molar-refractivity contribution in [1.82, 2.24) is 24.7 Å². The van der Waals surface area contributed by atoms with Gasteiger partial charge in [-0.05, 0) is 49.8 Å². The molecule has 2 unspecified atom stereocenters. The Morgan fingerprint density at radius 1 is 0.949 bits per heavy atom. The highest BCUT2D eigenvalue weighted by Gasteiger charge is 2.42. The first-order valence-electron chi connectivity index (χ1n) is 14.9. The maximum Gasteiger partial charge on any atom is 0.227 e. The summed E-state index contributed by atoms with van der Waals surface area (Å²) in [4.78, 5) is 34.5. The number of amides is 2. The lowest BCUT2D eigenvalue weighted by atomic mass is 9.94. The normalized spacial score (nSPS) is 24.1. The van der Waals surface area contributed by atoms with Crippen LogP contribution in [0.4, 0.5) is 0 Å². The van der Waals surface area contributed by atoms with E-state index in [0.29, 0.717) is 37.6 Å². The van der Waals surface area contributed by atoms with E-state index < -0.39 is 0 Å². The molecule has 3 fully saturated rings.